The Morgan fingerprint density at radius 2 is 1.58 bits per heavy atom. The van der Waals surface area contributed by atoms with Gasteiger partial charge < -0.3 is 19.7 Å². The number of methoxy groups -OCH3 is 2. The van der Waals surface area contributed by atoms with E-state index in [0.29, 0.717) is 33.5 Å². The van der Waals surface area contributed by atoms with Crippen molar-refractivity contribution < 1.29 is 28.7 Å². The maximum absolute atomic E-state index is 14.2. The topological polar surface area (TPSA) is 105 Å². The zero-order valence-electron chi connectivity index (χ0n) is 23.5. The molecule has 1 aliphatic rings. The minimum atomic E-state index is -1.15. The van der Waals surface area contributed by atoms with Gasteiger partial charge in [0.15, 0.2) is 0 Å². The van der Waals surface area contributed by atoms with Gasteiger partial charge in [-0.25, -0.2) is 0 Å². The molecule has 43 heavy (non-hydrogen) atoms. The van der Waals surface area contributed by atoms with Crippen LogP contribution in [0.1, 0.15) is 27.5 Å². The van der Waals surface area contributed by atoms with Crippen LogP contribution in [0, 0.1) is 0 Å². The highest BCUT2D eigenvalue weighted by Gasteiger charge is 2.39. The molecule has 5 rings (SSSR count). The smallest absolute Gasteiger partial charge is 0.299 e. The number of fused-ring (bicyclic) bond motifs is 1. The van der Waals surface area contributed by atoms with Crippen molar-refractivity contribution in [1.29, 1.82) is 0 Å². The van der Waals surface area contributed by atoms with E-state index in [1.807, 2.05) is 30.3 Å². The first-order chi connectivity index (χ1) is 20.8. The lowest BCUT2D eigenvalue weighted by atomic mass is 10.0. The van der Waals surface area contributed by atoms with Gasteiger partial charge in [-0.1, -0.05) is 66.2 Å². The minimum Gasteiger partial charge on any atom is -0.497 e. The second-order valence-electron chi connectivity index (χ2n) is 9.75. The molecular formula is C33H28ClN3O6. The number of hydrogen-bond donors (Lipinski definition) is 1. The van der Waals surface area contributed by atoms with Crippen LogP contribution in [0.2, 0.25) is 5.02 Å². The Kier molecular flexibility index (Phi) is 8.73. The van der Waals surface area contributed by atoms with E-state index in [0.717, 1.165) is 10.5 Å². The number of benzene rings is 4. The van der Waals surface area contributed by atoms with Gasteiger partial charge in [-0.15, -0.1) is 0 Å². The van der Waals surface area contributed by atoms with Crippen LogP contribution in [0.3, 0.4) is 0 Å². The highest BCUT2D eigenvalue weighted by molar-refractivity contribution is 6.52. The number of hydrogen-bond acceptors (Lipinski definition) is 6. The molecule has 4 aromatic rings. The fourth-order valence-electron chi connectivity index (χ4n) is 4.96. The predicted octanol–water partition coefficient (Wildman–Crippen LogP) is 5.30. The maximum atomic E-state index is 14.2. The highest BCUT2D eigenvalue weighted by Crippen LogP contribution is 2.33. The van der Waals surface area contributed by atoms with Crippen molar-refractivity contribution in [3.8, 4) is 11.5 Å². The van der Waals surface area contributed by atoms with Crippen LogP contribution >= 0.6 is 11.6 Å². The Morgan fingerprint density at radius 3 is 2.28 bits per heavy atom. The Morgan fingerprint density at radius 1 is 0.884 bits per heavy atom. The Bertz CT molecular complexity index is 1680. The molecule has 0 aromatic heterocycles. The first-order valence-corrected chi connectivity index (χ1v) is 13.8. The number of rotatable bonds is 10. The van der Waals surface area contributed by atoms with Crippen molar-refractivity contribution in [2.45, 2.75) is 12.6 Å². The number of carbonyl (C=O) groups is 4. The summed E-state index contributed by atoms with van der Waals surface area (Å²) in [7, 11) is 2.99. The first-order valence-electron chi connectivity index (χ1n) is 13.4. The van der Waals surface area contributed by atoms with Crippen molar-refractivity contribution in [3.63, 3.8) is 0 Å². The van der Waals surface area contributed by atoms with Gasteiger partial charge in [-0.3, -0.25) is 24.1 Å². The number of halogens is 1. The molecule has 1 heterocycles. The van der Waals surface area contributed by atoms with E-state index in [9.17, 15) is 19.2 Å². The summed E-state index contributed by atoms with van der Waals surface area (Å²) in [5.74, 6) is -1.66. The van der Waals surface area contributed by atoms with Crippen LogP contribution < -0.4 is 19.7 Å². The third-order valence-electron chi connectivity index (χ3n) is 7.10. The van der Waals surface area contributed by atoms with Crippen LogP contribution in [0.5, 0.6) is 11.5 Å². The van der Waals surface area contributed by atoms with Crippen LogP contribution in [-0.4, -0.2) is 49.2 Å². The summed E-state index contributed by atoms with van der Waals surface area (Å²) in [6.07, 6.45) is 0. The summed E-state index contributed by atoms with van der Waals surface area (Å²) >= 11 is 6.17. The van der Waals surface area contributed by atoms with Gasteiger partial charge in [0, 0.05) is 17.6 Å². The van der Waals surface area contributed by atoms with E-state index < -0.39 is 36.1 Å². The number of nitrogens with one attached hydrogen (secondary N) is 1. The quantitative estimate of drug-likeness (QED) is 0.249. The zero-order valence-corrected chi connectivity index (χ0v) is 24.2. The van der Waals surface area contributed by atoms with E-state index in [1.54, 1.807) is 66.7 Å². The summed E-state index contributed by atoms with van der Waals surface area (Å²) in [4.78, 5) is 56.5. The normalized spacial score (nSPS) is 12.9. The van der Waals surface area contributed by atoms with Gasteiger partial charge in [0.25, 0.3) is 17.6 Å². The Balaban J connectivity index is 1.55. The number of para-hydroxylation sites is 1. The van der Waals surface area contributed by atoms with Gasteiger partial charge >= 0.3 is 0 Å². The van der Waals surface area contributed by atoms with Crippen LogP contribution in [0.25, 0.3) is 0 Å². The van der Waals surface area contributed by atoms with Crippen molar-refractivity contribution in [2.24, 2.45) is 0 Å². The largest absolute Gasteiger partial charge is 0.497 e. The van der Waals surface area contributed by atoms with Crippen LogP contribution in [-0.2, 0) is 20.9 Å². The molecule has 1 aliphatic heterocycles. The van der Waals surface area contributed by atoms with Gasteiger partial charge in [-0.2, -0.15) is 0 Å². The average molecular weight is 598 g/mol. The van der Waals surface area contributed by atoms with E-state index in [4.69, 9.17) is 21.1 Å². The van der Waals surface area contributed by atoms with Gasteiger partial charge in [0.1, 0.15) is 24.1 Å². The molecule has 0 fully saturated rings. The molecule has 218 valence electrons. The zero-order chi connectivity index (χ0) is 30.5. The van der Waals surface area contributed by atoms with Gasteiger partial charge in [0.05, 0.1) is 31.2 Å². The fraction of sp³-hybridized carbons (Fsp3) is 0.152. The highest BCUT2D eigenvalue weighted by atomic mass is 35.5. The summed E-state index contributed by atoms with van der Waals surface area (Å²) in [5.41, 5.74) is 2.19. The van der Waals surface area contributed by atoms with E-state index in [-0.39, 0.29) is 12.1 Å². The Labute approximate surface area is 253 Å². The fourth-order valence-corrected chi connectivity index (χ4v) is 5.08. The van der Waals surface area contributed by atoms with E-state index >= 15 is 0 Å². The Hall–Kier alpha value is -5.15. The molecule has 3 amide bonds. The molecule has 10 heteroatoms. The van der Waals surface area contributed by atoms with Crippen molar-refractivity contribution >= 4 is 46.5 Å². The average Bonchev–Trinajstić information content (AvgIpc) is 3.27. The second kappa shape index (κ2) is 12.8. The molecule has 4 aromatic carbocycles. The third kappa shape index (κ3) is 6.22. The lowest BCUT2D eigenvalue weighted by molar-refractivity contribution is -0.139. The molecular weight excluding hydrogens is 570 g/mol. The van der Waals surface area contributed by atoms with Crippen molar-refractivity contribution in [3.05, 3.63) is 119 Å². The molecule has 1 unspecified atom stereocenters. The number of anilines is 2. The van der Waals surface area contributed by atoms with Crippen LogP contribution in [0.4, 0.5) is 11.4 Å². The summed E-state index contributed by atoms with van der Waals surface area (Å²) in [6.45, 7) is -0.407. The summed E-state index contributed by atoms with van der Waals surface area (Å²) in [5, 5.41) is 3.35. The number of Topliss-reactive ketones (excluding diaryl/α,β-unsaturated/α-hetero) is 1. The molecule has 9 nitrogen and oxygen atoms in total. The standard InChI is InChI=1S/C33H28ClN3O6/c1-42-24-16-17-26(28(18-24)43-2)35-32(40)30(22-12-14-23(34)15-13-22)37(19-21-8-4-3-5-9-21)29(38)20-36-27-11-7-6-10-25(27)31(39)33(36)41/h3-18,30H,19-20H2,1-2H3,(H,35,40). The number of ether oxygens (including phenoxy) is 2. The molecule has 1 atom stereocenters. The summed E-state index contributed by atoms with van der Waals surface area (Å²) in [6, 6.07) is 26.1. The SMILES string of the molecule is COc1ccc(NC(=O)C(c2ccc(Cl)cc2)N(Cc2ccccc2)C(=O)CN2C(=O)C(=O)c3ccccc32)c(OC)c1. The molecule has 0 spiro atoms. The van der Waals surface area contributed by atoms with Gasteiger partial charge in [0.2, 0.25) is 5.91 Å². The van der Waals surface area contributed by atoms with Crippen molar-refractivity contribution in [2.75, 3.05) is 31.0 Å². The van der Waals surface area contributed by atoms with E-state index in [2.05, 4.69) is 5.32 Å². The second-order valence-corrected chi connectivity index (χ2v) is 10.2. The van der Waals surface area contributed by atoms with E-state index in [1.165, 1.54) is 19.1 Å². The number of nitrogens with zero attached hydrogens (tertiary/aromatic N) is 2. The maximum Gasteiger partial charge on any atom is 0.299 e. The molecule has 0 saturated heterocycles. The monoisotopic (exact) mass is 597 g/mol. The minimum absolute atomic E-state index is 0.0394. The number of carbonyl (C=O) groups excluding carboxylic acids is 4. The van der Waals surface area contributed by atoms with Crippen molar-refractivity contribution in [1.82, 2.24) is 4.90 Å². The lowest BCUT2D eigenvalue weighted by Gasteiger charge is -2.33. The molecule has 0 saturated carbocycles. The first kappa shape index (κ1) is 29.3. The molecule has 0 radical (unpaired) electrons. The molecule has 0 bridgehead atoms. The number of amides is 3. The lowest BCUT2D eigenvalue weighted by Crippen LogP contribution is -2.46. The van der Waals surface area contributed by atoms with Gasteiger partial charge in [-0.05, 0) is 47.5 Å². The van der Waals surface area contributed by atoms with Crippen LogP contribution in [0.15, 0.2) is 97.1 Å². The number of ketones is 1. The molecule has 1 N–H and O–H groups in total. The predicted molar refractivity (Wildman–Crippen MR) is 162 cm³/mol. The summed E-state index contributed by atoms with van der Waals surface area (Å²) < 4.78 is 10.7. The third-order valence-corrected chi connectivity index (χ3v) is 7.35. The molecule has 0 aliphatic carbocycles.